The molecule has 1 heterocycles. The van der Waals surface area contributed by atoms with Crippen LogP contribution in [0, 0.1) is 0 Å². The molecule has 1 saturated heterocycles. The van der Waals surface area contributed by atoms with Gasteiger partial charge in [-0.2, -0.15) is 4.31 Å². The van der Waals surface area contributed by atoms with Crippen LogP contribution < -0.4 is 5.32 Å². The van der Waals surface area contributed by atoms with Gasteiger partial charge in [-0.1, -0.05) is 23.7 Å². The van der Waals surface area contributed by atoms with Crippen LogP contribution in [-0.2, 0) is 14.8 Å². The zero-order valence-electron chi connectivity index (χ0n) is 11.8. The predicted molar refractivity (Wildman–Crippen MR) is 82.9 cm³/mol. The molecule has 6 nitrogen and oxygen atoms in total. The summed E-state index contributed by atoms with van der Waals surface area (Å²) in [6.45, 7) is 2.14. The highest BCUT2D eigenvalue weighted by atomic mass is 35.5. The summed E-state index contributed by atoms with van der Waals surface area (Å²) in [5, 5.41) is 3.25. The zero-order valence-corrected chi connectivity index (χ0v) is 13.3. The Hall–Kier alpha value is -1.15. The summed E-state index contributed by atoms with van der Waals surface area (Å²) in [5.74, 6) is -0.157. The zero-order chi connectivity index (χ0) is 15.5. The summed E-state index contributed by atoms with van der Waals surface area (Å²) in [5.41, 5.74) is 0.582. The molecule has 2 rings (SSSR count). The van der Waals surface area contributed by atoms with Gasteiger partial charge in [0.05, 0.1) is 23.5 Å². The average molecular weight is 332 g/mol. The molecule has 1 aromatic rings. The van der Waals surface area contributed by atoms with Gasteiger partial charge in [-0.3, -0.25) is 9.69 Å². The van der Waals surface area contributed by atoms with Crippen LogP contribution >= 0.6 is 11.6 Å². The van der Waals surface area contributed by atoms with E-state index in [-0.39, 0.29) is 12.5 Å². The van der Waals surface area contributed by atoms with Crippen LogP contribution in [0.1, 0.15) is 0 Å². The number of carbonyl (C=O) groups excluding carboxylic acids is 1. The third-order valence-corrected chi connectivity index (χ3v) is 4.95. The predicted octanol–water partition coefficient (Wildman–Crippen LogP) is 0.856. The first-order valence-corrected chi connectivity index (χ1v) is 8.81. The van der Waals surface area contributed by atoms with Crippen molar-refractivity contribution >= 4 is 33.2 Å². The van der Waals surface area contributed by atoms with E-state index in [2.05, 4.69) is 5.32 Å². The van der Waals surface area contributed by atoms with Crippen LogP contribution in [-0.4, -0.2) is 62.5 Å². The Morgan fingerprint density at radius 3 is 2.43 bits per heavy atom. The van der Waals surface area contributed by atoms with Crippen LogP contribution in [0.5, 0.6) is 0 Å². The number of para-hydroxylation sites is 1. The van der Waals surface area contributed by atoms with Crippen molar-refractivity contribution in [1.82, 2.24) is 9.21 Å². The van der Waals surface area contributed by atoms with Gasteiger partial charge in [0.2, 0.25) is 15.9 Å². The van der Waals surface area contributed by atoms with Gasteiger partial charge in [0.15, 0.2) is 0 Å². The summed E-state index contributed by atoms with van der Waals surface area (Å²) in [6.07, 6.45) is 1.20. The number of sulfonamides is 1. The van der Waals surface area contributed by atoms with Crippen molar-refractivity contribution in [2.75, 3.05) is 44.3 Å². The molecule has 1 aliphatic heterocycles. The van der Waals surface area contributed by atoms with E-state index in [9.17, 15) is 13.2 Å². The monoisotopic (exact) mass is 331 g/mol. The first-order valence-electron chi connectivity index (χ1n) is 6.58. The van der Waals surface area contributed by atoms with Gasteiger partial charge < -0.3 is 5.32 Å². The highest BCUT2D eigenvalue weighted by Gasteiger charge is 2.24. The van der Waals surface area contributed by atoms with E-state index in [0.717, 1.165) is 0 Å². The van der Waals surface area contributed by atoms with Crippen LogP contribution in [0.3, 0.4) is 0 Å². The Morgan fingerprint density at radius 1 is 1.24 bits per heavy atom. The second-order valence-corrected chi connectivity index (χ2v) is 7.36. The second-order valence-electron chi connectivity index (χ2n) is 4.97. The Kier molecular flexibility index (Phi) is 5.21. The fourth-order valence-corrected chi connectivity index (χ4v) is 3.18. The molecule has 1 fully saturated rings. The number of halogens is 1. The maximum absolute atomic E-state index is 12.0. The third-order valence-electron chi connectivity index (χ3n) is 3.32. The number of nitrogens with zero attached hydrogens (tertiary/aromatic N) is 2. The average Bonchev–Trinajstić information content (AvgIpc) is 2.41. The second kappa shape index (κ2) is 6.74. The maximum Gasteiger partial charge on any atom is 0.238 e. The number of benzene rings is 1. The molecule has 1 aromatic carbocycles. The summed E-state index contributed by atoms with van der Waals surface area (Å²) < 4.78 is 24.2. The number of carbonyl (C=O) groups is 1. The van der Waals surface area contributed by atoms with Crippen LogP contribution in [0.2, 0.25) is 5.02 Å². The van der Waals surface area contributed by atoms with E-state index in [4.69, 9.17) is 11.6 Å². The molecule has 0 aromatic heterocycles. The largest absolute Gasteiger partial charge is 0.324 e. The number of rotatable bonds is 4. The van der Waals surface area contributed by atoms with Crippen molar-refractivity contribution in [2.45, 2.75) is 0 Å². The molecule has 0 saturated carbocycles. The van der Waals surface area contributed by atoms with Gasteiger partial charge in [-0.25, -0.2) is 8.42 Å². The Morgan fingerprint density at radius 2 is 1.86 bits per heavy atom. The minimum atomic E-state index is -3.14. The Balaban J connectivity index is 1.84. The van der Waals surface area contributed by atoms with E-state index in [1.54, 1.807) is 24.3 Å². The molecule has 1 amide bonds. The molecule has 0 aliphatic carbocycles. The molecule has 0 radical (unpaired) electrons. The molecule has 0 unspecified atom stereocenters. The molecular formula is C13H18ClN3O3S. The van der Waals surface area contributed by atoms with E-state index in [1.165, 1.54) is 10.6 Å². The lowest BCUT2D eigenvalue weighted by Gasteiger charge is -2.32. The van der Waals surface area contributed by atoms with Crippen molar-refractivity contribution in [1.29, 1.82) is 0 Å². The van der Waals surface area contributed by atoms with Crippen LogP contribution in [0.25, 0.3) is 0 Å². The third kappa shape index (κ3) is 4.67. The van der Waals surface area contributed by atoms with Crippen molar-refractivity contribution < 1.29 is 13.2 Å². The minimum Gasteiger partial charge on any atom is -0.324 e. The lowest BCUT2D eigenvalue weighted by molar-refractivity contribution is -0.117. The molecule has 0 spiro atoms. The normalized spacial score (nSPS) is 17.6. The number of hydrogen-bond donors (Lipinski definition) is 1. The smallest absolute Gasteiger partial charge is 0.238 e. The summed E-state index contributed by atoms with van der Waals surface area (Å²) in [4.78, 5) is 13.9. The van der Waals surface area contributed by atoms with E-state index < -0.39 is 10.0 Å². The van der Waals surface area contributed by atoms with E-state index in [1.807, 2.05) is 4.90 Å². The van der Waals surface area contributed by atoms with Crippen molar-refractivity contribution in [3.05, 3.63) is 29.3 Å². The lowest BCUT2D eigenvalue weighted by atomic mass is 10.3. The first kappa shape index (κ1) is 16.2. The number of hydrogen-bond acceptors (Lipinski definition) is 4. The molecule has 0 bridgehead atoms. The van der Waals surface area contributed by atoms with Crippen molar-refractivity contribution in [3.63, 3.8) is 0 Å². The molecule has 8 heteroatoms. The maximum atomic E-state index is 12.0. The molecule has 116 valence electrons. The minimum absolute atomic E-state index is 0.157. The molecular weight excluding hydrogens is 314 g/mol. The topological polar surface area (TPSA) is 69.7 Å². The fourth-order valence-electron chi connectivity index (χ4n) is 2.17. The van der Waals surface area contributed by atoms with Gasteiger partial charge in [0, 0.05) is 26.2 Å². The molecule has 21 heavy (non-hydrogen) atoms. The number of amides is 1. The number of nitrogens with one attached hydrogen (secondary N) is 1. The van der Waals surface area contributed by atoms with Crippen molar-refractivity contribution in [3.8, 4) is 0 Å². The standard InChI is InChI=1S/C13H18ClN3O3S/c1-21(19,20)17-8-6-16(7-9-17)10-13(18)15-12-5-3-2-4-11(12)14/h2-5H,6-10H2,1H3,(H,15,18). The SMILES string of the molecule is CS(=O)(=O)N1CCN(CC(=O)Nc2ccccc2Cl)CC1. The molecule has 0 atom stereocenters. The summed E-state index contributed by atoms with van der Waals surface area (Å²) in [7, 11) is -3.14. The first-order chi connectivity index (χ1) is 9.86. The quantitative estimate of drug-likeness (QED) is 0.888. The van der Waals surface area contributed by atoms with Crippen LogP contribution in [0.4, 0.5) is 5.69 Å². The number of piperazine rings is 1. The highest BCUT2D eigenvalue weighted by Crippen LogP contribution is 2.20. The van der Waals surface area contributed by atoms with Gasteiger partial charge in [-0.15, -0.1) is 0 Å². The van der Waals surface area contributed by atoms with Gasteiger partial charge >= 0.3 is 0 Å². The van der Waals surface area contributed by atoms with Gasteiger partial charge in [-0.05, 0) is 12.1 Å². The van der Waals surface area contributed by atoms with Crippen molar-refractivity contribution in [2.24, 2.45) is 0 Å². The lowest BCUT2D eigenvalue weighted by Crippen LogP contribution is -2.50. The Bertz CT molecular complexity index is 613. The van der Waals surface area contributed by atoms with E-state index >= 15 is 0 Å². The molecule has 1 N–H and O–H groups in total. The molecule has 1 aliphatic rings. The van der Waals surface area contributed by atoms with E-state index in [0.29, 0.717) is 36.9 Å². The Labute approximate surface area is 129 Å². The fraction of sp³-hybridized carbons (Fsp3) is 0.462. The van der Waals surface area contributed by atoms with Gasteiger partial charge in [0.25, 0.3) is 0 Å². The van der Waals surface area contributed by atoms with Gasteiger partial charge in [0.1, 0.15) is 0 Å². The summed E-state index contributed by atoms with van der Waals surface area (Å²) >= 11 is 5.98. The highest BCUT2D eigenvalue weighted by molar-refractivity contribution is 7.88. The van der Waals surface area contributed by atoms with Crippen LogP contribution in [0.15, 0.2) is 24.3 Å². The number of anilines is 1. The summed E-state index contributed by atoms with van der Waals surface area (Å²) in [6, 6.07) is 7.04.